The van der Waals surface area contributed by atoms with Crippen LogP contribution in [0.1, 0.15) is 32.3 Å². The van der Waals surface area contributed by atoms with E-state index in [4.69, 9.17) is 5.26 Å². The first-order valence-corrected chi connectivity index (χ1v) is 6.45. The van der Waals surface area contributed by atoms with Crippen LogP contribution in [0.15, 0.2) is 24.3 Å². The van der Waals surface area contributed by atoms with Crippen molar-refractivity contribution in [3.63, 3.8) is 0 Å². The van der Waals surface area contributed by atoms with Crippen molar-refractivity contribution in [2.75, 3.05) is 0 Å². The van der Waals surface area contributed by atoms with Crippen molar-refractivity contribution in [3.8, 4) is 6.07 Å². The first-order valence-electron chi connectivity index (χ1n) is 6.45. The molecule has 1 rings (SSSR count). The van der Waals surface area contributed by atoms with Gasteiger partial charge in [-0.2, -0.15) is 5.26 Å². The fourth-order valence-corrected chi connectivity index (χ4v) is 1.78. The van der Waals surface area contributed by atoms with Gasteiger partial charge in [0.2, 0.25) is 5.91 Å². The van der Waals surface area contributed by atoms with Gasteiger partial charge in [0.05, 0.1) is 12.5 Å². The molecule has 1 aromatic carbocycles. The summed E-state index contributed by atoms with van der Waals surface area (Å²) in [5.41, 5.74) is 0.632. The standard InChI is InChI=1S/C15H19FN2O/c1-11(15(19)18-12(2)9-10-17)7-8-13-5-3-4-6-14(13)16/h3-6,11-12H,7-9H2,1-2H3,(H,18,19)/t11-,12-/m1/s1. The van der Waals surface area contributed by atoms with Crippen LogP contribution in [0, 0.1) is 23.1 Å². The van der Waals surface area contributed by atoms with Crippen LogP contribution in [-0.2, 0) is 11.2 Å². The molecular formula is C15H19FN2O. The number of carbonyl (C=O) groups is 1. The van der Waals surface area contributed by atoms with Crippen LogP contribution in [0.3, 0.4) is 0 Å². The summed E-state index contributed by atoms with van der Waals surface area (Å²) in [5, 5.41) is 11.3. The van der Waals surface area contributed by atoms with Crippen LogP contribution in [-0.4, -0.2) is 11.9 Å². The van der Waals surface area contributed by atoms with Gasteiger partial charge in [-0.3, -0.25) is 4.79 Å². The average Bonchev–Trinajstić information content (AvgIpc) is 2.37. The van der Waals surface area contributed by atoms with Gasteiger partial charge in [-0.25, -0.2) is 4.39 Å². The molecule has 0 heterocycles. The minimum atomic E-state index is -0.229. The van der Waals surface area contributed by atoms with E-state index in [1.54, 1.807) is 25.1 Å². The van der Waals surface area contributed by atoms with E-state index in [1.165, 1.54) is 6.07 Å². The number of nitriles is 1. The summed E-state index contributed by atoms with van der Waals surface area (Å²) in [7, 11) is 0. The third kappa shape index (κ3) is 5.09. The van der Waals surface area contributed by atoms with Gasteiger partial charge in [0.1, 0.15) is 5.82 Å². The Morgan fingerprint density at radius 1 is 1.42 bits per heavy atom. The second-order valence-electron chi connectivity index (χ2n) is 4.80. The number of hydrogen-bond acceptors (Lipinski definition) is 2. The molecule has 3 nitrogen and oxygen atoms in total. The topological polar surface area (TPSA) is 52.9 Å². The van der Waals surface area contributed by atoms with E-state index in [0.717, 1.165) is 0 Å². The van der Waals surface area contributed by atoms with Crippen molar-refractivity contribution in [1.29, 1.82) is 5.26 Å². The maximum atomic E-state index is 13.4. The summed E-state index contributed by atoms with van der Waals surface area (Å²) in [6, 6.07) is 8.47. The number of nitrogens with one attached hydrogen (secondary N) is 1. The Bertz CT molecular complexity index is 467. The molecule has 0 unspecified atom stereocenters. The third-order valence-electron chi connectivity index (χ3n) is 3.04. The molecule has 0 bridgehead atoms. The van der Waals surface area contributed by atoms with Crippen LogP contribution in [0.25, 0.3) is 0 Å². The summed E-state index contributed by atoms with van der Waals surface area (Å²) in [5.74, 6) is -0.507. The van der Waals surface area contributed by atoms with Crippen LogP contribution < -0.4 is 5.32 Å². The molecule has 0 aliphatic rings. The van der Waals surface area contributed by atoms with Gasteiger partial charge < -0.3 is 5.32 Å². The van der Waals surface area contributed by atoms with E-state index in [-0.39, 0.29) is 23.7 Å². The summed E-state index contributed by atoms with van der Waals surface area (Å²) in [6.07, 6.45) is 1.42. The predicted octanol–water partition coefficient (Wildman–Crippen LogP) is 2.81. The van der Waals surface area contributed by atoms with E-state index < -0.39 is 0 Å². The average molecular weight is 262 g/mol. The van der Waals surface area contributed by atoms with Crippen molar-refractivity contribution in [1.82, 2.24) is 5.32 Å². The molecule has 0 radical (unpaired) electrons. The van der Waals surface area contributed by atoms with Crippen LogP contribution in [0.5, 0.6) is 0 Å². The Balaban J connectivity index is 2.43. The SMILES string of the molecule is C[C@H](CC#N)NC(=O)[C@H](C)CCc1ccccc1F. The van der Waals surface area contributed by atoms with Crippen LogP contribution in [0.4, 0.5) is 4.39 Å². The zero-order chi connectivity index (χ0) is 14.3. The van der Waals surface area contributed by atoms with Gasteiger partial charge in [-0.1, -0.05) is 25.1 Å². The number of nitrogens with zero attached hydrogens (tertiary/aromatic N) is 1. The molecule has 0 saturated heterocycles. The van der Waals surface area contributed by atoms with E-state index in [0.29, 0.717) is 24.8 Å². The smallest absolute Gasteiger partial charge is 0.223 e. The summed E-state index contributed by atoms with van der Waals surface area (Å²) >= 11 is 0. The Morgan fingerprint density at radius 3 is 2.74 bits per heavy atom. The number of amides is 1. The highest BCUT2D eigenvalue weighted by molar-refractivity contribution is 5.78. The second kappa shape index (κ2) is 7.52. The molecule has 0 saturated carbocycles. The molecule has 0 spiro atoms. The lowest BCUT2D eigenvalue weighted by Gasteiger charge is -2.15. The van der Waals surface area contributed by atoms with Gasteiger partial charge >= 0.3 is 0 Å². The Hall–Kier alpha value is -1.89. The zero-order valence-corrected chi connectivity index (χ0v) is 11.3. The number of hydrogen-bond donors (Lipinski definition) is 1. The molecule has 2 atom stereocenters. The Morgan fingerprint density at radius 2 is 2.11 bits per heavy atom. The molecular weight excluding hydrogens is 243 g/mol. The van der Waals surface area contributed by atoms with E-state index in [1.807, 2.05) is 13.0 Å². The van der Waals surface area contributed by atoms with Crippen molar-refractivity contribution in [3.05, 3.63) is 35.6 Å². The quantitative estimate of drug-likeness (QED) is 0.857. The molecule has 0 aliphatic heterocycles. The van der Waals surface area contributed by atoms with Crippen LogP contribution >= 0.6 is 0 Å². The third-order valence-corrected chi connectivity index (χ3v) is 3.04. The van der Waals surface area contributed by atoms with E-state index in [2.05, 4.69) is 5.32 Å². The summed E-state index contributed by atoms with van der Waals surface area (Å²) < 4.78 is 13.4. The maximum Gasteiger partial charge on any atom is 0.223 e. The Labute approximate surface area is 113 Å². The van der Waals surface area contributed by atoms with Gasteiger partial charge in [-0.15, -0.1) is 0 Å². The summed E-state index contributed by atoms with van der Waals surface area (Å²) in [6.45, 7) is 3.61. The first kappa shape index (κ1) is 15.2. The number of carbonyl (C=O) groups excluding carboxylic acids is 1. The van der Waals surface area contributed by atoms with E-state index >= 15 is 0 Å². The number of rotatable bonds is 6. The molecule has 1 amide bonds. The fraction of sp³-hybridized carbons (Fsp3) is 0.467. The predicted molar refractivity (Wildman–Crippen MR) is 71.7 cm³/mol. The van der Waals surface area contributed by atoms with Crippen molar-refractivity contribution in [2.24, 2.45) is 5.92 Å². The first-order chi connectivity index (χ1) is 9.04. The fourth-order valence-electron chi connectivity index (χ4n) is 1.78. The van der Waals surface area contributed by atoms with Crippen molar-refractivity contribution in [2.45, 2.75) is 39.2 Å². The zero-order valence-electron chi connectivity index (χ0n) is 11.3. The molecule has 102 valence electrons. The van der Waals surface area contributed by atoms with Gasteiger partial charge in [0, 0.05) is 12.0 Å². The lowest BCUT2D eigenvalue weighted by molar-refractivity contribution is -0.125. The highest BCUT2D eigenvalue weighted by atomic mass is 19.1. The van der Waals surface area contributed by atoms with Gasteiger partial charge in [-0.05, 0) is 31.4 Å². The lowest BCUT2D eigenvalue weighted by Crippen LogP contribution is -2.36. The number of aryl methyl sites for hydroxylation is 1. The molecule has 1 N–H and O–H groups in total. The molecule has 0 aliphatic carbocycles. The second-order valence-corrected chi connectivity index (χ2v) is 4.80. The highest BCUT2D eigenvalue weighted by Gasteiger charge is 2.15. The lowest BCUT2D eigenvalue weighted by atomic mass is 9.99. The molecule has 1 aromatic rings. The van der Waals surface area contributed by atoms with Gasteiger partial charge in [0.15, 0.2) is 0 Å². The largest absolute Gasteiger partial charge is 0.352 e. The minimum Gasteiger partial charge on any atom is -0.352 e. The van der Waals surface area contributed by atoms with Crippen molar-refractivity contribution >= 4 is 5.91 Å². The normalized spacial score (nSPS) is 13.4. The highest BCUT2D eigenvalue weighted by Crippen LogP contribution is 2.13. The minimum absolute atomic E-state index is 0.0842. The van der Waals surface area contributed by atoms with Gasteiger partial charge in [0.25, 0.3) is 0 Å². The molecule has 19 heavy (non-hydrogen) atoms. The molecule has 0 aromatic heterocycles. The molecule has 0 fully saturated rings. The number of halogens is 1. The number of benzene rings is 1. The Kier molecular flexibility index (Phi) is 6.01. The van der Waals surface area contributed by atoms with Crippen LogP contribution in [0.2, 0.25) is 0 Å². The summed E-state index contributed by atoms with van der Waals surface area (Å²) in [4.78, 5) is 11.8. The van der Waals surface area contributed by atoms with E-state index in [9.17, 15) is 9.18 Å². The maximum absolute atomic E-state index is 13.4. The van der Waals surface area contributed by atoms with Crippen molar-refractivity contribution < 1.29 is 9.18 Å². The molecule has 4 heteroatoms. The monoisotopic (exact) mass is 262 g/mol.